The van der Waals surface area contributed by atoms with Crippen molar-refractivity contribution >= 4 is 16.9 Å². The van der Waals surface area contributed by atoms with Crippen LogP contribution in [0.3, 0.4) is 0 Å². The lowest BCUT2D eigenvalue weighted by molar-refractivity contribution is -0.120. The zero-order valence-corrected chi connectivity index (χ0v) is 18.2. The number of imidazole rings is 1. The molecule has 0 radical (unpaired) electrons. The first kappa shape index (κ1) is 20.9. The fourth-order valence-corrected chi connectivity index (χ4v) is 3.89. The molecule has 1 heterocycles. The molecular weight excluding hydrogens is 382 g/mol. The quantitative estimate of drug-likeness (QED) is 0.430. The van der Waals surface area contributed by atoms with E-state index in [1.54, 1.807) is 0 Å². The van der Waals surface area contributed by atoms with Crippen molar-refractivity contribution in [1.29, 1.82) is 0 Å². The maximum Gasteiger partial charge on any atom is 0.224 e. The summed E-state index contributed by atoms with van der Waals surface area (Å²) in [5.41, 5.74) is 5.54. The molecule has 0 saturated heterocycles. The van der Waals surface area contributed by atoms with E-state index >= 15 is 0 Å². The molecule has 0 aliphatic rings. The molecule has 0 aliphatic heterocycles. The number of amides is 1. The van der Waals surface area contributed by atoms with Gasteiger partial charge < -0.3 is 9.88 Å². The van der Waals surface area contributed by atoms with Gasteiger partial charge in [0.15, 0.2) is 0 Å². The van der Waals surface area contributed by atoms with Crippen molar-refractivity contribution in [2.45, 2.75) is 33.2 Å². The van der Waals surface area contributed by atoms with Gasteiger partial charge in [-0.3, -0.25) is 4.79 Å². The van der Waals surface area contributed by atoms with Gasteiger partial charge in [0.05, 0.1) is 17.5 Å². The molecule has 1 aromatic heterocycles. The van der Waals surface area contributed by atoms with Crippen LogP contribution in [0.4, 0.5) is 0 Å². The molecule has 0 unspecified atom stereocenters. The van der Waals surface area contributed by atoms with Crippen molar-refractivity contribution in [2.24, 2.45) is 5.92 Å². The second-order valence-corrected chi connectivity index (χ2v) is 8.36. The van der Waals surface area contributed by atoms with E-state index in [9.17, 15) is 4.79 Å². The van der Waals surface area contributed by atoms with Crippen LogP contribution in [-0.4, -0.2) is 22.0 Å². The Labute approximate surface area is 183 Å². The zero-order valence-electron chi connectivity index (χ0n) is 18.2. The summed E-state index contributed by atoms with van der Waals surface area (Å²) in [7, 11) is 0. The summed E-state index contributed by atoms with van der Waals surface area (Å²) in [6.07, 6.45) is 1.11. The molecule has 4 heteroatoms. The zero-order chi connectivity index (χ0) is 21.6. The summed E-state index contributed by atoms with van der Waals surface area (Å²) in [5, 5.41) is 3.06. The first-order valence-electron chi connectivity index (χ1n) is 11.0. The summed E-state index contributed by atoms with van der Waals surface area (Å²) in [6.45, 7) is 5.94. The number of benzene rings is 3. The van der Waals surface area contributed by atoms with Gasteiger partial charge in [0.25, 0.3) is 0 Å². The molecule has 0 saturated carbocycles. The van der Waals surface area contributed by atoms with Crippen LogP contribution < -0.4 is 5.32 Å². The molecule has 31 heavy (non-hydrogen) atoms. The van der Waals surface area contributed by atoms with E-state index in [1.807, 2.05) is 42.5 Å². The smallest absolute Gasteiger partial charge is 0.224 e. The fraction of sp³-hybridized carbons (Fsp3) is 0.259. The first-order chi connectivity index (χ1) is 15.1. The van der Waals surface area contributed by atoms with E-state index in [0.29, 0.717) is 18.9 Å². The molecule has 4 aromatic rings. The number of nitrogens with one attached hydrogen (secondary N) is 1. The number of carbonyl (C=O) groups is 1. The Kier molecular flexibility index (Phi) is 6.46. The van der Waals surface area contributed by atoms with Crippen molar-refractivity contribution in [3.05, 3.63) is 90.3 Å². The number of fused-ring (bicyclic) bond motifs is 1. The number of para-hydroxylation sites is 2. The maximum absolute atomic E-state index is 12.5. The Morgan fingerprint density at radius 2 is 1.58 bits per heavy atom. The number of rotatable bonds is 8. The van der Waals surface area contributed by atoms with E-state index < -0.39 is 0 Å². The highest BCUT2D eigenvalue weighted by atomic mass is 16.1. The highest BCUT2D eigenvalue weighted by Crippen LogP contribution is 2.20. The molecule has 0 atom stereocenters. The number of nitrogens with zero attached hydrogens (tertiary/aromatic N) is 2. The monoisotopic (exact) mass is 411 g/mol. The Bertz CT molecular complexity index is 1140. The molecule has 4 rings (SSSR count). The van der Waals surface area contributed by atoms with E-state index in [2.05, 4.69) is 60.1 Å². The number of hydrogen-bond donors (Lipinski definition) is 1. The lowest BCUT2D eigenvalue weighted by Crippen LogP contribution is -2.28. The van der Waals surface area contributed by atoms with Gasteiger partial charge in [0, 0.05) is 19.5 Å². The molecule has 0 aliphatic carbocycles. The van der Waals surface area contributed by atoms with E-state index in [-0.39, 0.29) is 5.91 Å². The van der Waals surface area contributed by atoms with E-state index in [0.717, 1.165) is 41.0 Å². The summed E-state index contributed by atoms with van der Waals surface area (Å²) >= 11 is 0. The van der Waals surface area contributed by atoms with Gasteiger partial charge in [-0.25, -0.2) is 4.98 Å². The number of carbonyl (C=O) groups excluding carboxylic acids is 1. The second kappa shape index (κ2) is 9.61. The van der Waals surface area contributed by atoms with Crippen LogP contribution in [0, 0.1) is 5.92 Å². The van der Waals surface area contributed by atoms with Crippen LogP contribution in [0.15, 0.2) is 78.9 Å². The maximum atomic E-state index is 12.5. The Morgan fingerprint density at radius 1 is 0.903 bits per heavy atom. The Hall–Kier alpha value is -3.40. The molecule has 4 nitrogen and oxygen atoms in total. The van der Waals surface area contributed by atoms with Crippen LogP contribution in [0.25, 0.3) is 22.2 Å². The second-order valence-electron chi connectivity index (χ2n) is 8.36. The molecule has 158 valence electrons. The van der Waals surface area contributed by atoms with Gasteiger partial charge in [-0.2, -0.15) is 0 Å². The SMILES string of the molecule is CC(C)Cn1c(CCNC(=O)Cc2ccc(-c3ccccc3)cc2)nc2ccccc21. The minimum absolute atomic E-state index is 0.0407. The molecule has 3 aromatic carbocycles. The fourth-order valence-electron chi connectivity index (χ4n) is 3.89. The highest BCUT2D eigenvalue weighted by molar-refractivity contribution is 5.79. The predicted molar refractivity (Wildman–Crippen MR) is 127 cm³/mol. The van der Waals surface area contributed by atoms with Gasteiger partial charge in [0.1, 0.15) is 5.82 Å². The molecule has 1 N–H and O–H groups in total. The third-order valence-electron chi connectivity index (χ3n) is 5.38. The average Bonchev–Trinajstić information content (AvgIpc) is 3.12. The Balaban J connectivity index is 1.34. The molecule has 0 fully saturated rings. The third kappa shape index (κ3) is 5.21. The van der Waals surface area contributed by atoms with Crippen LogP contribution in [0.1, 0.15) is 25.2 Å². The standard InChI is InChI=1S/C27H29N3O/c1-20(2)19-30-25-11-7-6-10-24(25)29-26(30)16-17-28-27(31)18-21-12-14-23(15-13-21)22-8-4-3-5-9-22/h3-15,20H,16-19H2,1-2H3,(H,28,31). The minimum Gasteiger partial charge on any atom is -0.355 e. The molecule has 0 bridgehead atoms. The minimum atomic E-state index is 0.0407. The molecule has 1 amide bonds. The lowest BCUT2D eigenvalue weighted by atomic mass is 10.0. The lowest BCUT2D eigenvalue weighted by Gasteiger charge is -2.12. The molecule has 0 spiro atoms. The van der Waals surface area contributed by atoms with Crippen LogP contribution in [0.5, 0.6) is 0 Å². The van der Waals surface area contributed by atoms with Gasteiger partial charge >= 0.3 is 0 Å². The van der Waals surface area contributed by atoms with Gasteiger partial charge in [0.2, 0.25) is 5.91 Å². The highest BCUT2D eigenvalue weighted by Gasteiger charge is 2.12. The Morgan fingerprint density at radius 3 is 2.32 bits per heavy atom. The normalized spacial score (nSPS) is 11.2. The van der Waals surface area contributed by atoms with Crippen LogP contribution >= 0.6 is 0 Å². The largest absolute Gasteiger partial charge is 0.355 e. The summed E-state index contributed by atoms with van der Waals surface area (Å²) < 4.78 is 2.29. The van der Waals surface area contributed by atoms with Crippen molar-refractivity contribution in [1.82, 2.24) is 14.9 Å². The number of aromatic nitrogens is 2. The van der Waals surface area contributed by atoms with Crippen molar-refractivity contribution < 1.29 is 4.79 Å². The summed E-state index contributed by atoms with van der Waals surface area (Å²) in [5.74, 6) is 1.60. The predicted octanol–water partition coefficient (Wildman–Crippen LogP) is 5.26. The van der Waals surface area contributed by atoms with E-state index in [1.165, 1.54) is 5.56 Å². The third-order valence-corrected chi connectivity index (χ3v) is 5.38. The van der Waals surface area contributed by atoms with E-state index in [4.69, 9.17) is 4.98 Å². The topological polar surface area (TPSA) is 46.9 Å². The van der Waals surface area contributed by atoms with Gasteiger partial charge in [-0.05, 0) is 34.7 Å². The first-order valence-corrected chi connectivity index (χ1v) is 11.0. The van der Waals surface area contributed by atoms with Crippen molar-refractivity contribution in [3.8, 4) is 11.1 Å². The summed E-state index contributed by atoms with van der Waals surface area (Å²) in [6, 6.07) is 26.7. The van der Waals surface area contributed by atoms with Crippen molar-refractivity contribution in [2.75, 3.05) is 6.54 Å². The van der Waals surface area contributed by atoms with Crippen LogP contribution in [0.2, 0.25) is 0 Å². The van der Waals surface area contributed by atoms with Crippen LogP contribution in [-0.2, 0) is 24.2 Å². The van der Waals surface area contributed by atoms with Gasteiger partial charge in [-0.1, -0.05) is 80.6 Å². The van der Waals surface area contributed by atoms with Gasteiger partial charge in [-0.15, -0.1) is 0 Å². The number of hydrogen-bond acceptors (Lipinski definition) is 2. The molecular formula is C27H29N3O. The summed E-state index contributed by atoms with van der Waals surface area (Å²) in [4.78, 5) is 17.3. The average molecular weight is 412 g/mol. The van der Waals surface area contributed by atoms with Crippen molar-refractivity contribution in [3.63, 3.8) is 0 Å².